The van der Waals surface area contributed by atoms with Gasteiger partial charge in [0.25, 0.3) is 0 Å². The lowest BCUT2D eigenvalue weighted by molar-refractivity contribution is 0.139. The van der Waals surface area contributed by atoms with Gasteiger partial charge in [-0.1, -0.05) is 16.5 Å². The third-order valence-electron chi connectivity index (χ3n) is 5.68. The summed E-state index contributed by atoms with van der Waals surface area (Å²) < 4.78 is 38.0. The molecule has 31 heavy (non-hydrogen) atoms. The zero-order valence-electron chi connectivity index (χ0n) is 16.5. The van der Waals surface area contributed by atoms with E-state index in [-0.39, 0.29) is 13.2 Å². The molecule has 4 heterocycles. The first-order valence-electron chi connectivity index (χ1n) is 9.95. The van der Waals surface area contributed by atoms with Gasteiger partial charge in [0.1, 0.15) is 18.6 Å². The lowest BCUT2D eigenvalue weighted by Gasteiger charge is -2.36. The molecule has 12 heteroatoms. The molecule has 2 aromatic heterocycles. The van der Waals surface area contributed by atoms with Crippen molar-refractivity contribution in [2.45, 2.75) is 24.8 Å². The Bertz CT molecular complexity index is 1050. The van der Waals surface area contributed by atoms with E-state index in [1.807, 2.05) is 0 Å². The maximum absolute atomic E-state index is 15.1. The molecular formula is C19H20F2N8O2. The number of ether oxygens (including phenoxy) is 1. The summed E-state index contributed by atoms with van der Waals surface area (Å²) in [6.07, 6.45) is 4.32. The first kappa shape index (κ1) is 19.4. The van der Waals surface area contributed by atoms with Crippen molar-refractivity contribution >= 4 is 11.8 Å². The Hall–Kier alpha value is -3.57. The number of halogens is 2. The van der Waals surface area contributed by atoms with E-state index in [4.69, 9.17) is 4.74 Å². The summed E-state index contributed by atoms with van der Waals surface area (Å²) in [5.41, 5.74) is 0.824. The van der Waals surface area contributed by atoms with Crippen LogP contribution in [0.1, 0.15) is 24.2 Å². The van der Waals surface area contributed by atoms with E-state index < -0.39 is 30.3 Å². The molecule has 1 aromatic carbocycles. The summed E-state index contributed by atoms with van der Waals surface area (Å²) in [6.45, 7) is 1.13. The molecular weight excluding hydrogens is 410 g/mol. The van der Waals surface area contributed by atoms with Gasteiger partial charge >= 0.3 is 6.09 Å². The molecule has 2 fully saturated rings. The number of carbonyl (C=O) groups is 1. The minimum Gasteiger partial charge on any atom is -0.447 e. The molecule has 0 aliphatic carbocycles. The zero-order chi connectivity index (χ0) is 21.4. The first-order valence-corrected chi connectivity index (χ1v) is 9.95. The fourth-order valence-corrected chi connectivity index (χ4v) is 4.19. The third kappa shape index (κ3) is 3.57. The molecule has 0 N–H and O–H groups in total. The number of amides is 1. The summed E-state index contributed by atoms with van der Waals surface area (Å²) in [5, 5.41) is 15.4. The van der Waals surface area contributed by atoms with Gasteiger partial charge in [-0.3, -0.25) is 4.90 Å². The SMILES string of the molecule is O=C1OCCN1[C@@H](c1ccc(N2CC[C@@H](n3ccnn3)[C@H](F)C2)c(F)c1)n1ccnn1. The molecule has 0 bridgehead atoms. The van der Waals surface area contributed by atoms with E-state index in [1.54, 1.807) is 29.4 Å². The van der Waals surface area contributed by atoms with Gasteiger partial charge in [0.05, 0.1) is 37.2 Å². The lowest BCUT2D eigenvalue weighted by Crippen LogP contribution is -2.43. The summed E-state index contributed by atoms with van der Waals surface area (Å²) in [4.78, 5) is 15.3. The van der Waals surface area contributed by atoms with Crippen molar-refractivity contribution in [2.75, 3.05) is 31.1 Å². The van der Waals surface area contributed by atoms with Crippen LogP contribution in [0.4, 0.5) is 19.3 Å². The molecule has 0 radical (unpaired) electrons. The first-order chi connectivity index (χ1) is 15.1. The Morgan fingerprint density at radius 1 is 1.13 bits per heavy atom. The number of hydrogen-bond donors (Lipinski definition) is 0. The summed E-state index contributed by atoms with van der Waals surface area (Å²) >= 11 is 0. The summed E-state index contributed by atoms with van der Waals surface area (Å²) in [5.74, 6) is -0.499. The van der Waals surface area contributed by atoms with Gasteiger partial charge in [0.2, 0.25) is 0 Å². The second kappa shape index (κ2) is 7.93. The van der Waals surface area contributed by atoms with E-state index in [2.05, 4.69) is 20.6 Å². The van der Waals surface area contributed by atoms with Crippen LogP contribution in [0.25, 0.3) is 0 Å². The highest BCUT2D eigenvalue weighted by Crippen LogP contribution is 2.32. The molecule has 3 atom stereocenters. The van der Waals surface area contributed by atoms with Crippen LogP contribution in [0.15, 0.2) is 43.0 Å². The fraction of sp³-hybridized carbons (Fsp3) is 0.421. The topological polar surface area (TPSA) is 94.2 Å². The highest BCUT2D eigenvalue weighted by Gasteiger charge is 2.35. The number of carbonyl (C=O) groups excluding carboxylic acids is 1. The van der Waals surface area contributed by atoms with E-state index >= 15 is 4.39 Å². The summed E-state index contributed by atoms with van der Waals surface area (Å²) in [7, 11) is 0. The molecule has 1 amide bonds. The average molecular weight is 430 g/mol. The Morgan fingerprint density at radius 2 is 1.97 bits per heavy atom. The van der Waals surface area contributed by atoms with Gasteiger partial charge < -0.3 is 9.64 Å². The Kier molecular flexibility index (Phi) is 4.96. The minimum absolute atomic E-state index is 0.0474. The van der Waals surface area contributed by atoms with Crippen molar-refractivity contribution in [1.29, 1.82) is 0 Å². The number of hydrogen-bond acceptors (Lipinski definition) is 7. The van der Waals surface area contributed by atoms with Gasteiger partial charge in [0.15, 0.2) is 6.17 Å². The molecule has 2 aliphatic heterocycles. The molecule has 162 valence electrons. The molecule has 5 rings (SSSR count). The Balaban J connectivity index is 1.39. The molecule has 2 aliphatic rings. The smallest absolute Gasteiger partial charge is 0.411 e. The monoisotopic (exact) mass is 430 g/mol. The number of benzene rings is 1. The number of alkyl halides is 1. The van der Waals surface area contributed by atoms with Gasteiger partial charge in [-0.15, -0.1) is 10.2 Å². The largest absolute Gasteiger partial charge is 0.447 e. The van der Waals surface area contributed by atoms with Crippen molar-refractivity contribution in [3.8, 4) is 0 Å². The van der Waals surface area contributed by atoms with Crippen LogP contribution in [-0.4, -0.2) is 73.4 Å². The van der Waals surface area contributed by atoms with Crippen LogP contribution < -0.4 is 4.90 Å². The van der Waals surface area contributed by atoms with Gasteiger partial charge in [0, 0.05) is 18.9 Å². The highest BCUT2D eigenvalue weighted by molar-refractivity contribution is 5.70. The highest BCUT2D eigenvalue weighted by atomic mass is 19.1. The Labute approximate surface area is 176 Å². The van der Waals surface area contributed by atoms with E-state index in [0.717, 1.165) is 0 Å². The molecule has 0 saturated carbocycles. The lowest BCUT2D eigenvalue weighted by atomic mass is 10.0. The maximum Gasteiger partial charge on any atom is 0.411 e. The fourth-order valence-electron chi connectivity index (χ4n) is 4.19. The van der Waals surface area contributed by atoms with E-state index in [0.29, 0.717) is 30.8 Å². The third-order valence-corrected chi connectivity index (χ3v) is 5.68. The predicted octanol–water partition coefficient (Wildman–Crippen LogP) is 1.80. The van der Waals surface area contributed by atoms with Gasteiger partial charge in [-0.2, -0.15) is 0 Å². The van der Waals surface area contributed by atoms with Crippen molar-refractivity contribution in [3.63, 3.8) is 0 Å². The van der Waals surface area contributed by atoms with Crippen molar-refractivity contribution < 1.29 is 18.3 Å². The van der Waals surface area contributed by atoms with Crippen LogP contribution in [0.2, 0.25) is 0 Å². The van der Waals surface area contributed by atoms with Crippen LogP contribution in [0, 0.1) is 5.82 Å². The number of nitrogens with zero attached hydrogens (tertiary/aromatic N) is 8. The average Bonchev–Trinajstić information content (AvgIpc) is 3.53. The van der Waals surface area contributed by atoms with Crippen LogP contribution >= 0.6 is 0 Å². The van der Waals surface area contributed by atoms with Crippen molar-refractivity contribution in [1.82, 2.24) is 34.9 Å². The van der Waals surface area contributed by atoms with Gasteiger partial charge in [-0.25, -0.2) is 22.9 Å². The molecule has 3 aromatic rings. The predicted molar refractivity (Wildman–Crippen MR) is 103 cm³/mol. The number of aromatic nitrogens is 6. The normalized spacial score (nSPS) is 22.6. The van der Waals surface area contributed by atoms with E-state index in [1.165, 1.54) is 32.7 Å². The second-order valence-corrected chi connectivity index (χ2v) is 7.48. The van der Waals surface area contributed by atoms with Crippen molar-refractivity contribution in [3.05, 3.63) is 54.4 Å². The number of piperidine rings is 1. The Morgan fingerprint density at radius 3 is 2.61 bits per heavy atom. The van der Waals surface area contributed by atoms with Gasteiger partial charge in [-0.05, 0) is 24.1 Å². The standard InChI is InChI=1S/C19H20F2N8O2/c20-14-11-13(18(29-8-5-23-25-29)27-9-10-31-19(27)30)1-2-16(14)26-6-3-17(15(21)12-26)28-7-4-22-24-28/h1-2,4-5,7-8,11,15,17-18H,3,6,9-10,12H2/t15-,17-,18-/m1/s1. The summed E-state index contributed by atoms with van der Waals surface area (Å²) in [6, 6.07) is 4.26. The molecule has 0 spiro atoms. The minimum atomic E-state index is -1.21. The zero-order valence-corrected chi connectivity index (χ0v) is 16.5. The quantitative estimate of drug-likeness (QED) is 0.609. The van der Waals surface area contributed by atoms with Crippen LogP contribution in [0.3, 0.4) is 0 Å². The molecule has 2 saturated heterocycles. The molecule has 0 unspecified atom stereocenters. The van der Waals surface area contributed by atoms with E-state index in [9.17, 15) is 9.18 Å². The maximum atomic E-state index is 15.1. The number of cyclic esters (lactones) is 1. The molecule has 10 nitrogen and oxygen atoms in total. The van der Waals surface area contributed by atoms with Crippen LogP contribution in [-0.2, 0) is 4.74 Å². The second-order valence-electron chi connectivity index (χ2n) is 7.48. The number of rotatable bonds is 5. The van der Waals surface area contributed by atoms with Crippen molar-refractivity contribution in [2.24, 2.45) is 0 Å². The van der Waals surface area contributed by atoms with Crippen LogP contribution in [0.5, 0.6) is 0 Å². The number of anilines is 1.